The summed E-state index contributed by atoms with van der Waals surface area (Å²) in [5, 5.41) is 0. The fourth-order valence-corrected chi connectivity index (χ4v) is 2.38. The monoisotopic (exact) mass is 155 g/mol. The Labute approximate surface area is 70.8 Å². The van der Waals surface area contributed by atoms with E-state index in [1.54, 1.807) is 0 Å². The lowest BCUT2D eigenvalue weighted by Gasteiger charge is -2.30. The molecule has 1 heteroatoms. The third-order valence-electron chi connectivity index (χ3n) is 3.06. The zero-order valence-corrected chi connectivity index (χ0v) is 8.14. The second-order valence-electron chi connectivity index (χ2n) is 3.48. The van der Waals surface area contributed by atoms with Gasteiger partial charge in [-0.05, 0) is 32.7 Å². The van der Waals surface area contributed by atoms with Crippen molar-refractivity contribution in [3.63, 3.8) is 0 Å². The van der Waals surface area contributed by atoms with Gasteiger partial charge in [0.2, 0.25) is 0 Å². The molecule has 0 N–H and O–H groups in total. The zero-order chi connectivity index (χ0) is 8.27. The molecular weight excluding hydrogens is 134 g/mol. The summed E-state index contributed by atoms with van der Waals surface area (Å²) in [5.74, 6) is 0. The first-order valence-electron chi connectivity index (χ1n) is 5.10. The van der Waals surface area contributed by atoms with E-state index in [1.807, 2.05) is 13.8 Å². The van der Waals surface area contributed by atoms with E-state index in [2.05, 4.69) is 11.9 Å². The third-order valence-corrected chi connectivity index (χ3v) is 3.06. The second kappa shape index (κ2) is 4.10. The van der Waals surface area contributed by atoms with Crippen LogP contribution < -0.4 is 0 Å². The average Bonchev–Trinajstić information content (AvgIpc) is 2.30. The Bertz CT molecular complexity index is 95.4. The van der Waals surface area contributed by atoms with Crippen molar-refractivity contribution in [1.82, 2.24) is 4.90 Å². The van der Waals surface area contributed by atoms with Crippen LogP contribution in [0.4, 0.5) is 0 Å². The highest BCUT2D eigenvalue weighted by Crippen LogP contribution is 2.33. The normalized spacial score (nSPS) is 36.3. The van der Waals surface area contributed by atoms with E-state index in [9.17, 15) is 0 Å². The summed E-state index contributed by atoms with van der Waals surface area (Å²) in [6, 6.07) is 1.92. The molecule has 2 rings (SSSR count). The van der Waals surface area contributed by atoms with E-state index < -0.39 is 0 Å². The molecule has 2 heterocycles. The lowest BCUT2D eigenvalue weighted by atomic mass is 10.0. The molecule has 66 valence electrons. The molecule has 0 aromatic carbocycles. The number of piperidine rings is 1. The summed E-state index contributed by atoms with van der Waals surface area (Å²) in [7, 11) is 2.29. The van der Waals surface area contributed by atoms with Crippen molar-refractivity contribution < 1.29 is 0 Å². The predicted octanol–water partition coefficient (Wildman–Crippen LogP) is 2.66. The average molecular weight is 155 g/mol. The molecule has 0 amide bonds. The van der Waals surface area contributed by atoms with Crippen molar-refractivity contribution in [3.8, 4) is 0 Å². The topological polar surface area (TPSA) is 3.24 Å². The lowest BCUT2D eigenvalue weighted by molar-refractivity contribution is 0.179. The molecule has 2 bridgehead atoms. The molecule has 2 atom stereocenters. The van der Waals surface area contributed by atoms with E-state index in [4.69, 9.17) is 0 Å². The van der Waals surface area contributed by atoms with Gasteiger partial charge in [-0.25, -0.2) is 0 Å². The zero-order valence-electron chi connectivity index (χ0n) is 8.14. The Morgan fingerprint density at radius 3 is 1.73 bits per heavy atom. The minimum Gasteiger partial charge on any atom is -0.300 e. The minimum absolute atomic E-state index is 0.962. The summed E-state index contributed by atoms with van der Waals surface area (Å²) >= 11 is 0. The molecule has 0 aliphatic carbocycles. The maximum Gasteiger partial charge on any atom is 0.00957 e. The number of hydrogen-bond acceptors (Lipinski definition) is 1. The molecule has 2 saturated heterocycles. The van der Waals surface area contributed by atoms with Gasteiger partial charge in [0, 0.05) is 12.1 Å². The van der Waals surface area contributed by atoms with Crippen LogP contribution in [-0.2, 0) is 0 Å². The number of nitrogens with zero attached hydrogens (tertiary/aromatic N) is 1. The van der Waals surface area contributed by atoms with Crippen LogP contribution in [0.2, 0.25) is 0 Å². The quantitative estimate of drug-likeness (QED) is 0.520. The van der Waals surface area contributed by atoms with Gasteiger partial charge in [-0.15, -0.1) is 0 Å². The SMILES string of the molecule is CC.CN1C2CCCC1CC2. The van der Waals surface area contributed by atoms with Gasteiger partial charge in [-0.3, -0.25) is 0 Å². The first-order chi connectivity index (χ1) is 5.38. The van der Waals surface area contributed by atoms with Crippen LogP contribution in [0.1, 0.15) is 46.0 Å². The van der Waals surface area contributed by atoms with Crippen molar-refractivity contribution in [2.45, 2.75) is 58.0 Å². The van der Waals surface area contributed by atoms with Crippen molar-refractivity contribution in [2.24, 2.45) is 0 Å². The molecule has 0 aromatic rings. The molecule has 0 radical (unpaired) electrons. The minimum atomic E-state index is 0.962. The summed E-state index contributed by atoms with van der Waals surface area (Å²) in [4.78, 5) is 2.59. The van der Waals surface area contributed by atoms with Gasteiger partial charge < -0.3 is 4.90 Å². The van der Waals surface area contributed by atoms with Gasteiger partial charge >= 0.3 is 0 Å². The van der Waals surface area contributed by atoms with Gasteiger partial charge in [0.15, 0.2) is 0 Å². The molecule has 11 heavy (non-hydrogen) atoms. The fourth-order valence-electron chi connectivity index (χ4n) is 2.38. The molecule has 2 aliphatic rings. The van der Waals surface area contributed by atoms with Crippen molar-refractivity contribution in [3.05, 3.63) is 0 Å². The van der Waals surface area contributed by atoms with Crippen LogP contribution in [-0.4, -0.2) is 24.0 Å². The van der Waals surface area contributed by atoms with Crippen molar-refractivity contribution >= 4 is 0 Å². The lowest BCUT2D eigenvalue weighted by Crippen LogP contribution is -2.35. The summed E-state index contributed by atoms with van der Waals surface area (Å²) in [5.41, 5.74) is 0. The summed E-state index contributed by atoms with van der Waals surface area (Å²) in [6.07, 6.45) is 7.36. The third kappa shape index (κ3) is 1.76. The molecular formula is C10H21N. The highest BCUT2D eigenvalue weighted by Gasteiger charge is 2.33. The number of rotatable bonds is 0. The Kier molecular flexibility index (Phi) is 3.38. The Morgan fingerprint density at radius 2 is 1.36 bits per heavy atom. The van der Waals surface area contributed by atoms with Gasteiger partial charge in [0.1, 0.15) is 0 Å². The van der Waals surface area contributed by atoms with Crippen molar-refractivity contribution in [1.29, 1.82) is 0 Å². The summed E-state index contributed by atoms with van der Waals surface area (Å²) in [6.45, 7) is 4.00. The molecule has 2 unspecified atom stereocenters. The van der Waals surface area contributed by atoms with Gasteiger partial charge in [0.05, 0.1) is 0 Å². The van der Waals surface area contributed by atoms with Gasteiger partial charge in [-0.2, -0.15) is 0 Å². The highest BCUT2D eigenvalue weighted by atomic mass is 15.2. The molecule has 2 aliphatic heterocycles. The van der Waals surface area contributed by atoms with Crippen molar-refractivity contribution in [2.75, 3.05) is 7.05 Å². The van der Waals surface area contributed by atoms with E-state index >= 15 is 0 Å². The Hall–Kier alpha value is -0.0400. The van der Waals surface area contributed by atoms with Crippen LogP contribution in [0.3, 0.4) is 0 Å². The highest BCUT2D eigenvalue weighted by molar-refractivity contribution is 4.89. The van der Waals surface area contributed by atoms with Crippen LogP contribution in [0.15, 0.2) is 0 Å². The smallest absolute Gasteiger partial charge is 0.00957 e. The maximum atomic E-state index is 2.59. The molecule has 0 saturated carbocycles. The molecule has 1 nitrogen and oxygen atoms in total. The van der Waals surface area contributed by atoms with Gasteiger partial charge in [0.25, 0.3) is 0 Å². The second-order valence-corrected chi connectivity index (χ2v) is 3.48. The maximum absolute atomic E-state index is 2.59. The molecule has 0 aromatic heterocycles. The standard InChI is InChI=1S/C8H15N.C2H6/c1-9-7-3-2-4-8(9)6-5-7;1-2/h7-8H,2-6H2,1H3;1-2H3. The van der Waals surface area contributed by atoms with Crippen LogP contribution in [0.5, 0.6) is 0 Å². The van der Waals surface area contributed by atoms with Crippen LogP contribution >= 0.6 is 0 Å². The largest absolute Gasteiger partial charge is 0.300 e. The van der Waals surface area contributed by atoms with E-state index in [-0.39, 0.29) is 0 Å². The number of hydrogen-bond donors (Lipinski definition) is 0. The van der Waals surface area contributed by atoms with E-state index in [0.29, 0.717) is 0 Å². The summed E-state index contributed by atoms with van der Waals surface area (Å²) < 4.78 is 0. The van der Waals surface area contributed by atoms with E-state index in [1.165, 1.54) is 32.1 Å². The molecule has 0 spiro atoms. The molecule has 2 fully saturated rings. The fraction of sp³-hybridized carbons (Fsp3) is 1.00. The number of fused-ring (bicyclic) bond motifs is 2. The van der Waals surface area contributed by atoms with Gasteiger partial charge in [-0.1, -0.05) is 20.3 Å². The first-order valence-corrected chi connectivity index (χ1v) is 5.10. The van der Waals surface area contributed by atoms with Crippen LogP contribution in [0, 0.1) is 0 Å². The van der Waals surface area contributed by atoms with E-state index in [0.717, 1.165) is 12.1 Å². The predicted molar refractivity (Wildman–Crippen MR) is 49.8 cm³/mol. The Morgan fingerprint density at radius 1 is 0.909 bits per heavy atom. The Balaban J connectivity index is 0.000000281. The first kappa shape index (κ1) is 9.05. The van der Waals surface area contributed by atoms with Crippen LogP contribution in [0.25, 0.3) is 0 Å².